The van der Waals surface area contributed by atoms with Gasteiger partial charge in [-0.2, -0.15) is 0 Å². The number of benzene rings is 2. The van der Waals surface area contributed by atoms with Gasteiger partial charge in [0.25, 0.3) is 11.8 Å². The van der Waals surface area contributed by atoms with Crippen LogP contribution in [0.3, 0.4) is 0 Å². The maximum Gasteiger partial charge on any atom is 0.271 e. The lowest BCUT2D eigenvalue weighted by Gasteiger charge is -2.07. The molecule has 6 rings (SSSR count). The molecule has 0 saturated carbocycles. The molecule has 4 heterocycles. The molecule has 47 heavy (non-hydrogen) atoms. The number of thiazole rings is 2. The Hall–Kier alpha value is -5.53. The van der Waals surface area contributed by atoms with E-state index in [1.165, 1.54) is 29.0 Å². The van der Waals surface area contributed by atoms with Gasteiger partial charge in [0.1, 0.15) is 23.5 Å². The zero-order valence-electron chi connectivity index (χ0n) is 25.6. The Labute approximate surface area is 279 Å². The first-order valence-corrected chi connectivity index (χ1v) is 16.5. The Morgan fingerprint density at radius 1 is 0.787 bits per heavy atom. The van der Waals surface area contributed by atoms with Crippen molar-refractivity contribution in [1.29, 1.82) is 0 Å². The second-order valence-electron chi connectivity index (χ2n) is 10.7. The predicted octanol–water partition coefficient (Wildman–Crippen LogP) is 6.92. The maximum atomic E-state index is 13.0. The molecule has 0 aliphatic carbocycles. The molecule has 0 aliphatic rings. The fourth-order valence-electron chi connectivity index (χ4n) is 4.55. The Morgan fingerprint density at radius 3 is 2.26 bits per heavy atom. The molecule has 6 aromatic rings. The molecule has 0 fully saturated rings. The third-order valence-electron chi connectivity index (χ3n) is 6.96. The smallest absolute Gasteiger partial charge is 0.271 e. The summed E-state index contributed by atoms with van der Waals surface area (Å²) < 4.78 is 0. The summed E-state index contributed by atoms with van der Waals surface area (Å²) in [4.78, 5) is 48.4. The first-order chi connectivity index (χ1) is 22.9. The minimum Gasteiger partial charge on any atom is -0.347 e. The number of nitrogens with zero attached hydrogens (tertiary/aromatic N) is 5. The van der Waals surface area contributed by atoms with Gasteiger partial charge in [0.05, 0.1) is 5.69 Å². The van der Waals surface area contributed by atoms with Crippen molar-refractivity contribution in [2.45, 2.75) is 32.9 Å². The lowest BCUT2D eigenvalue weighted by Crippen LogP contribution is -2.24. The fraction of sp³-hybridized carbons (Fsp3) is 0.147. The number of hydrogen-bond donors (Lipinski definition) is 4. The third-order valence-corrected chi connectivity index (χ3v) is 8.99. The van der Waals surface area contributed by atoms with E-state index in [1.807, 2.05) is 86.6 Å². The highest BCUT2D eigenvalue weighted by atomic mass is 32.1. The second kappa shape index (κ2) is 14.7. The number of nitrogens with one attached hydrogen (secondary N) is 4. The van der Waals surface area contributed by atoms with Crippen LogP contribution in [0.15, 0.2) is 96.9 Å². The minimum atomic E-state index is -0.251. The minimum absolute atomic E-state index is 0.123. The van der Waals surface area contributed by atoms with E-state index in [4.69, 9.17) is 0 Å². The van der Waals surface area contributed by atoms with Gasteiger partial charge in [-0.3, -0.25) is 14.6 Å². The molecule has 2 amide bonds. The average Bonchev–Trinajstić information content (AvgIpc) is 3.75. The number of anilines is 4. The highest BCUT2D eigenvalue weighted by Crippen LogP contribution is 2.32. The quantitative estimate of drug-likeness (QED) is 0.110. The molecule has 13 heteroatoms. The molecule has 0 unspecified atom stereocenters. The van der Waals surface area contributed by atoms with Crippen LogP contribution in [-0.4, -0.2) is 36.7 Å². The number of amides is 2. The van der Waals surface area contributed by atoms with Crippen LogP contribution in [0.2, 0.25) is 0 Å². The van der Waals surface area contributed by atoms with E-state index in [9.17, 15) is 9.59 Å². The van der Waals surface area contributed by atoms with Crippen molar-refractivity contribution in [1.82, 2.24) is 35.6 Å². The summed E-state index contributed by atoms with van der Waals surface area (Å²) in [5.74, 6) is 0.223. The van der Waals surface area contributed by atoms with Gasteiger partial charge < -0.3 is 21.3 Å². The van der Waals surface area contributed by atoms with Gasteiger partial charge in [0.2, 0.25) is 0 Å². The number of hydrogen-bond acceptors (Lipinski definition) is 11. The van der Waals surface area contributed by atoms with Gasteiger partial charge in [0, 0.05) is 53.1 Å². The third kappa shape index (κ3) is 8.20. The molecule has 0 aliphatic heterocycles. The summed E-state index contributed by atoms with van der Waals surface area (Å²) in [6, 6.07) is 23.1. The molecule has 0 bridgehead atoms. The second-order valence-corrected chi connectivity index (χ2v) is 12.6. The summed E-state index contributed by atoms with van der Waals surface area (Å²) in [6.45, 7) is 4.86. The molecule has 236 valence electrons. The van der Waals surface area contributed by atoms with E-state index in [2.05, 4.69) is 46.2 Å². The van der Waals surface area contributed by atoms with Crippen LogP contribution in [0.5, 0.6) is 0 Å². The first kappa shape index (κ1) is 31.5. The van der Waals surface area contributed by atoms with Crippen molar-refractivity contribution in [2.75, 3.05) is 10.6 Å². The number of rotatable bonds is 12. The van der Waals surface area contributed by atoms with E-state index in [1.54, 1.807) is 17.8 Å². The molecule has 4 aromatic heterocycles. The fourth-order valence-corrected chi connectivity index (χ4v) is 6.24. The van der Waals surface area contributed by atoms with Crippen molar-refractivity contribution in [3.63, 3.8) is 0 Å². The summed E-state index contributed by atoms with van der Waals surface area (Å²) in [7, 11) is 0. The van der Waals surface area contributed by atoms with Gasteiger partial charge in [-0.1, -0.05) is 68.4 Å². The van der Waals surface area contributed by atoms with Crippen molar-refractivity contribution in [3.05, 3.63) is 124 Å². The molecule has 0 saturated heterocycles. The highest BCUT2D eigenvalue weighted by molar-refractivity contribution is 7.16. The number of pyridine rings is 1. The Bertz CT molecular complexity index is 1960. The normalized spacial score (nSPS) is 10.9. The van der Waals surface area contributed by atoms with Crippen molar-refractivity contribution >= 4 is 56.3 Å². The number of aromatic nitrogens is 5. The van der Waals surface area contributed by atoms with Gasteiger partial charge in [-0.15, -0.1) is 22.7 Å². The van der Waals surface area contributed by atoms with Gasteiger partial charge in [-0.25, -0.2) is 19.9 Å². The molecular weight excluding hydrogens is 631 g/mol. The Morgan fingerprint density at radius 2 is 1.51 bits per heavy atom. The molecule has 0 spiro atoms. The molecule has 4 N–H and O–H groups in total. The monoisotopic (exact) mass is 661 g/mol. The van der Waals surface area contributed by atoms with E-state index in [-0.39, 0.29) is 17.7 Å². The molecule has 11 nitrogen and oxygen atoms in total. The molecule has 0 atom stereocenters. The SMILES string of the molecule is CC(C)c1sc(Nc2cc(-c3ccc(CNC(=O)c4csc(Nc5ccncc5)n4)cc3)ncn2)nc1C(=O)NCc1ccccc1. The van der Waals surface area contributed by atoms with Crippen LogP contribution in [0.4, 0.5) is 21.8 Å². The van der Waals surface area contributed by atoms with Crippen LogP contribution in [-0.2, 0) is 13.1 Å². The lowest BCUT2D eigenvalue weighted by atomic mass is 10.1. The first-order valence-electron chi connectivity index (χ1n) is 14.8. The van der Waals surface area contributed by atoms with Crippen LogP contribution >= 0.6 is 22.7 Å². The van der Waals surface area contributed by atoms with Gasteiger partial charge >= 0.3 is 0 Å². The van der Waals surface area contributed by atoms with E-state index in [0.29, 0.717) is 40.6 Å². The predicted molar refractivity (Wildman–Crippen MR) is 185 cm³/mol. The Balaban J connectivity index is 1.06. The number of carbonyl (C=O) groups excluding carboxylic acids is 2. The van der Waals surface area contributed by atoms with E-state index in [0.717, 1.165) is 32.9 Å². The molecule has 0 radical (unpaired) electrons. The maximum absolute atomic E-state index is 13.0. The Kier molecular flexibility index (Phi) is 9.84. The van der Waals surface area contributed by atoms with Crippen LogP contribution < -0.4 is 21.3 Å². The summed E-state index contributed by atoms with van der Waals surface area (Å²) in [5, 5.41) is 15.2. The van der Waals surface area contributed by atoms with Crippen LogP contribution in [0.1, 0.15) is 56.7 Å². The van der Waals surface area contributed by atoms with Gasteiger partial charge in [0.15, 0.2) is 10.3 Å². The zero-order chi connectivity index (χ0) is 32.6. The van der Waals surface area contributed by atoms with E-state index >= 15 is 0 Å². The van der Waals surface area contributed by atoms with Crippen molar-refractivity contribution in [3.8, 4) is 11.3 Å². The standard InChI is InChI=1S/C34H31N9O2S2/c1-21(2)30-29(32(45)37-17-22-6-4-3-5-7-22)43-34(47-30)42-28-16-26(38-20-39-28)24-10-8-23(9-11-24)18-36-31(44)27-19-46-33(41-27)40-25-12-14-35-15-13-25/h3-16,19-21H,17-18H2,1-2H3,(H,36,44)(H,37,45)(H,35,40,41)(H,38,39,42,43). The average molecular weight is 662 g/mol. The largest absolute Gasteiger partial charge is 0.347 e. The van der Waals surface area contributed by atoms with E-state index < -0.39 is 0 Å². The van der Waals surface area contributed by atoms with Crippen LogP contribution in [0.25, 0.3) is 11.3 Å². The zero-order valence-corrected chi connectivity index (χ0v) is 27.2. The summed E-state index contributed by atoms with van der Waals surface area (Å²) in [6.07, 6.45) is 4.86. The lowest BCUT2D eigenvalue weighted by molar-refractivity contribution is 0.0938. The molecule has 2 aromatic carbocycles. The summed E-state index contributed by atoms with van der Waals surface area (Å²) in [5.41, 5.74) is 5.18. The topological polar surface area (TPSA) is 147 Å². The van der Waals surface area contributed by atoms with Gasteiger partial charge in [-0.05, 0) is 29.2 Å². The van der Waals surface area contributed by atoms with Crippen molar-refractivity contribution in [2.24, 2.45) is 0 Å². The highest BCUT2D eigenvalue weighted by Gasteiger charge is 2.21. The van der Waals surface area contributed by atoms with Crippen molar-refractivity contribution < 1.29 is 9.59 Å². The van der Waals surface area contributed by atoms with Crippen LogP contribution in [0, 0.1) is 0 Å². The number of carbonyl (C=O) groups is 2. The summed E-state index contributed by atoms with van der Waals surface area (Å²) >= 11 is 2.80. The molecular formula is C34H31N9O2S2.